The molecule has 0 bridgehead atoms. The number of phosphoric acid groups is 2. The third-order valence-corrected chi connectivity index (χ3v) is 21.1. The van der Waals surface area contributed by atoms with Crippen molar-refractivity contribution in [1.29, 1.82) is 0 Å². The first-order valence-corrected chi connectivity index (χ1v) is 45.5. The number of carbonyl (C=O) groups is 4. The van der Waals surface area contributed by atoms with Gasteiger partial charge in [0.1, 0.15) is 19.3 Å². The van der Waals surface area contributed by atoms with Gasteiger partial charge >= 0.3 is 39.5 Å². The number of unbranched alkanes of at least 4 members (excludes halogenated alkanes) is 51. The molecule has 0 fully saturated rings. The summed E-state index contributed by atoms with van der Waals surface area (Å²) in [5.74, 6) is -0.577. The van der Waals surface area contributed by atoms with E-state index in [-0.39, 0.29) is 25.7 Å². The van der Waals surface area contributed by atoms with Gasteiger partial charge in [-0.25, -0.2) is 9.13 Å². The molecule has 101 heavy (non-hydrogen) atoms. The highest BCUT2D eigenvalue weighted by Gasteiger charge is 2.30. The molecular formula is C82H160O17P2. The smallest absolute Gasteiger partial charge is 0.462 e. The lowest BCUT2D eigenvalue weighted by atomic mass is 10.0. The normalized spacial score (nSPS) is 13.9. The van der Waals surface area contributed by atoms with Gasteiger partial charge in [0.2, 0.25) is 0 Å². The summed E-state index contributed by atoms with van der Waals surface area (Å²) in [6.45, 7) is 9.64. The number of phosphoric ester groups is 2. The molecular weight excluding hydrogens is 1320 g/mol. The molecule has 600 valence electrons. The number of aliphatic hydroxyl groups is 1. The molecule has 0 heterocycles. The molecule has 0 aliphatic carbocycles. The van der Waals surface area contributed by atoms with E-state index in [2.05, 4.69) is 41.5 Å². The van der Waals surface area contributed by atoms with Crippen molar-refractivity contribution in [3.8, 4) is 0 Å². The summed E-state index contributed by atoms with van der Waals surface area (Å²) in [6, 6.07) is 0. The van der Waals surface area contributed by atoms with E-state index in [0.29, 0.717) is 25.7 Å². The van der Waals surface area contributed by atoms with Crippen LogP contribution < -0.4 is 0 Å². The van der Waals surface area contributed by atoms with Crippen molar-refractivity contribution in [2.24, 2.45) is 11.8 Å². The molecule has 5 atom stereocenters. The summed E-state index contributed by atoms with van der Waals surface area (Å²) < 4.78 is 68.8. The second kappa shape index (κ2) is 73.6. The van der Waals surface area contributed by atoms with Crippen molar-refractivity contribution >= 4 is 39.5 Å². The summed E-state index contributed by atoms with van der Waals surface area (Å²) in [6.07, 6.45) is 63.8. The van der Waals surface area contributed by atoms with Crippen molar-refractivity contribution in [1.82, 2.24) is 0 Å². The Morgan fingerprint density at radius 2 is 0.455 bits per heavy atom. The number of ether oxygens (including phenoxy) is 4. The van der Waals surface area contributed by atoms with Gasteiger partial charge in [0.05, 0.1) is 26.4 Å². The van der Waals surface area contributed by atoms with Crippen molar-refractivity contribution < 1.29 is 80.2 Å². The van der Waals surface area contributed by atoms with Crippen LogP contribution in [0.4, 0.5) is 0 Å². The number of carbonyl (C=O) groups excluding carboxylic acids is 4. The fourth-order valence-corrected chi connectivity index (χ4v) is 14.3. The Kier molecular flexibility index (Phi) is 72.2. The molecule has 2 unspecified atom stereocenters. The summed E-state index contributed by atoms with van der Waals surface area (Å²) >= 11 is 0. The van der Waals surface area contributed by atoms with E-state index in [9.17, 15) is 43.2 Å². The standard InChI is InChI=1S/C82H160O17P2/c1-7-9-11-13-15-17-19-21-23-24-28-31-35-39-46-52-58-64-79(84)92-70-77(98-81(86)67-61-55-49-41-37-33-29-25-27-30-34-38-44-50-56-62-74(3)4)72-96-100(88,89)94-68-76(83)69-95-101(90,91)97-73-78(71-93-80(85)65-59-53-47-43-42-45-51-57-63-75(5)6)99-82(87)66-60-54-48-40-36-32-26-22-20-18-16-14-12-10-8-2/h74-78,83H,7-73H2,1-6H3,(H,88,89)(H,90,91)/t76-,77-,78-/m1/s1. The maximum Gasteiger partial charge on any atom is 0.472 e. The second-order valence-electron chi connectivity index (χ2n) is 30.5. The van der Waals surface area contributed by atoms with Gasteiger partial charge in [-0.3, -0.25) is 37.3 Å². The van der Waals surface area contributed by atoms with Gasteiger partial charge in [-0.2, -0.15) is 0 Å². The van der Waals surface area contributed by atoms with Crippen LogP contribution in [0.25, 0.3) is 0 Å². The fourth-order valence-electron chi connectivity index (χ4n) is 12.7. The first-order valence-electron chi connectivity index (χ1n) is 42.5. The minimum absolute atomic E-state index is 0.108. The van der Waals surface area contributed by atoms with Crippen LogP contribution in [0.3, 0.4) is 0 Å². The van der Waals surface area contributed by atoms with Crippen LogP contribution in [0.5, 0.6) is 0 Å². The Labute approximate surface area is 619 Å². The third-order valence-electron chi connectivity index (χ3n) is 19.2. The zero-order chi connectivity index (χ0) is 74.2. The summed E-state index contributed by atoms with van der Waals surface area (Å²) in [4.78, 5) is 73.1. The minimum atomic E-state index is -4.96. The van der Waals surface area contributed by atoms with Gasteiger partial charge in [0, 0.05) is 25.7 Å². The Bertz CT molecular complexity index is 1940. The largest absolute Gasteiger partial charge is 0.472 e. The zero-order valence-corrected chi connectivity index (χ0v) is 68.0. The highest BCUT2D eigenvalue weighted by molar-refractivity contribution is 7.47. The van der Waals surface area contributed by atoms with Crippen molar-refractivity contribution in [2.75, 3.05) is 39.6 Å². The van der Waals surface area contributed by atoms with Crippen LogP contribution in [-0.2, 0) is 65.4 Å². The molecule has 0 aliphatic heterocycles. The molecule has 0 amide bonds. The number of hydrogen-bond acceptors (Lipinski definition) is 15. The van der Waals surface area contributed by atoms with Crippen molar-refractivity contribution in [2.45, 2.75) is 452 Å². The highest BCUT2D eigenvalue weighted by atomic mass is 31.2. The molecule has 0 saturated heterocycles. The number of hydrogen-bond donors (Lipinski definition) is 3. The number of rotatable bonds is 81. The molecule has 0 saturated carbocycles. The SMILES string of the molecule is CCCCCCCCCCCCCCCCCCCC(=O)OC[C@H](COP(=O)(O)OC[C@@H](O)COP(=O)(O)OC[C@@H](COC(=O)CCCCCCCCCCC(C)C)OC(=O)CCCCCCCCCCCCCCCCC)OC(=O)CCCCCCCCCCCCCCCCCC(C)C. The molecule has 0 rings (SSSR count). The third kappa shape index (κ3) is 76.1. The van der Waals surface area contributed by atoms with Crippen LogP contribution in [-0.4, -0.2) is 96.7 Å². The van der Waals surface area contributed by atoms with E-state index in [1.165, 1.54) is 250 Å². The molecule has 0 aromatic carbocycles. The molecule has 17 nitrogen and oxygen atoms in total. The first-order chi connectivity index (χ1) is 48.9. The van der Waals surface area contributed by atoms with Gasteiger partial charge < -0.3 is 33.8 Å². The lowest BCUT2D eigenvalue weighted by molar-refractivity contribution is -0.161. The topological polar surface area (TPSA) is 237 Å². The van der Waals surface area contributed by atoms with Gasteiger partial charge in [0.25, 0.3) is 0 Å². The van der Waals surface area contributed by atoms with Gasteiger partial charge in [-0.15, -0.1) is 0 Å². The zero-order valence-electron chi connectivity index (χ0n) is 66.2. The molecule has 19 heteroatoms. The Hall–Kier alpha value is -1.94. The summed E-state index contributed by atoms with van der Waals surface area (Å²) in [5, 5.41) is 10.7. The van der Waals surface area contributed by atoms with E-state index in [4.69, 9.17) is 37.0 Å². The average molecular weight is 1480 g/mol. The molecule has 0 spiro atoms. The Balaban J connectivity index is 5.25. The highest BCUT2D eigenvalue weighted by Crippen LogP contribution is 2.45. The predicted molar refractivity (Wildman–Crippen MR) is 414 cm³/mol. The maximum atomic E-state index is 13.1. The monoisotopic (exact) mass is 1480 g/mol. The molecule has 0 radical (unpaired) electrons. The van der Waals surface area contributed by atoms with E-state index in [1.54, 1.807) is 0 Å². The lowest BCUT2D eigenvalue weighted by Gasteiger charge is -2.21. The lowest BCUT2D eigenvalue weighted by Crippen LogP contribution is -2.30. The van der Waals surface area contributed by atoms with E-state index >= 15 is 0 Å². The number of aliphatic hydroxyl groups excluding tert-OH is 1. The Morgan fingerprint density at radius 3 is 0.673 bits per heavy atom. The van der Waals surface area contributed by atoms with Crippen LogP contribution in [0.1, 0.15) is 433 Å². The maximum absolute atomic E-state index is 13.1. The molecule has 3 N–H and O–H groups in total. The second-order valence-corrected chi connectivity index (χ2v) is 33.4. The van der Waals surface area contributed by atoms with E-state index in [1.807, 2.05) is 0 Å². The van der Waals surface area contributed by atoms with Crippen molar-refractivity contribution in [3.05, 3.63) is 0 Å². The van der Waals surface area contributed by atoms with E-state index < -0.39 is 97.5 Å². The van der Waals surface area contributed by atoms with Crippen molar-refractivity contribution in [3.63, 3.8) is 0 Å². The molecule has 0 aromatic heterocycles. The molecule has 0 aliphatic rings. The fraction of sp³-hybridized carbons (Fsp3) is 0.951. The van der Waals surface area contributed by atoms with Gasteiger partial charge in [0.15, 0.2) is 12.2 Å². The van der Waals surface area contributed by atoms with Crippen LogP contribution in [0.15, 0.2) is 0 Å². The Morgan fingerprint density at radius 1 is 0.267 bits per heavy atom. The average Bonchev–Trinajstić information content (AvgIpc) is 1.00. The predicted octanol–water partition coefficient (Wildman–Crippen LogP) is 24.7. The minimum Gasteiger partial charge on any atom is -0.462 e. The van der Waals surface area contributed by atoms with E-state index in [0.717, 1.165) is 102 Å². The van der Waals surface area contributed by atoms with Gasteiger partial charge in [-0.1, -0.05) is 382 Å². The summed E-state index contributed by atoms with van der Waals surface area (Å²) in [5.41, 5.74) is 0. The quantitative estimate of drug-likeness (QED) is 0.0222. The van der Waals surface area contributed by atoms with Crippen LogP contribution in [0, 0.1) is 11.8 Å². The van der Waals surface area contributed by atoms with Gasteiger partial charge in [-0.05, 0) is 37.5 Å². The number of esters is 4. The summed E-state index contributed by atoms with van der Waals surface area (Å²) in [7, 11) is -9.92. The molecule has 0 aromatic rings. The first kappa shape index (κ1) is 99.1. The van der Waals surface area contributed by atoms with Crippen LogP contribution in [0.2, 0.25) is 0 Å². The van der Waals surface area contributed by atoms with Crippen LogP contribution >= 0.6 is 15.6 Å².